The maximum absolute atomic E-state index is 12.8. The molecular weight excluding hydrogens is 293 g/mol. The number of alkyl halides is 3. The van der Waals surface area contributed by atoms with Crippen molar-refractivity contribution in [1.29, 1.82) is 0 Å². The molecule has 0 radical (unpaired) electrons. The topological polar surface area (TPSA) is 55.1 Å². The Morgan fingerprint density at radius 2 is 2.10 bits per heavy atom. The Morgan fingerprint density at radius 1 is 1.45 bits per heavy atom. The maximum atomic E-state index is 12.8. The summed E-state index contributed by atoms with van der Waals surface area (Å²) in [7, 11) is 0. The molecule has 112 valence electrons. The molecule has 0 fully saturated rings. The Balaban J connectivity index is 2.90. The fourth-order valence-electron chi connectivity index (χ4n) is 1.72. The van der Waals surface area contributed by atoms with Gasteiger partial charge in [0.2, 0.25) is 5.91 Å². The Kier molecular flexibility index (Phi) is 5.83. The van der Waals surface area contributed by atoms with E-state index in [0.29, 0.717) is 13.0 Å². The van der Waals surface area contributed by atoms with Crippen LogP contribution in [-0.4, -0.2) is 12.5 Å². The number of hydrogen-bond donors (Lipinski definition) is 2. The molecule has 0 aliphatic rings. The molecule has 20 heavy (non-hydrogen) atoms. The van der Waals surface area contributed by atoms with Gasteiger partial charge >= 0.3 is 6.18 Å². The molecule has 0 saturated heterocycles. The van der Waals surface area contributed by atoms with E-state index in [9.17, 15) is 18.0 Å². The molecular formula is C13H16ClF3N2O. The molecule has 0 spiro atoms. The lowest BCUT2D eigenvalue weighted by Gasteiger charge is -2.16. The summed E-state index contributed by atoms with van der Waals surface area (Å²) in [5.41, 5.74) is 4.21. The van der Waals surface area contributed by atoms with E-state index in [2.05, 4.69) is 5.32 Å². The van der Waals surface area contributed by atoms with Crippen LogP contribution in [-0.2, 0) is 11.0 Å². The van der Waals surface area contributed by atoms with Gasteiger partial charge in [-0.25, -0.2) is 0 Å². The highest BCUT2D eigenvalue weighted by molar-refractivity contribution is 6.30. The first-order chi connectivity index (χ1) is 9.27. The van der Waals surface area contributed by atoms with Crippen LogP contribution >= 0.6 is 11.6 Å². The minimum atomic E-state index is -4.58. The van der Waals surface area contributed by atoms with Crippen molar-refractivity contribution in [3.05, 3.63) is 28.8 Å². The van der Waals surface area contributed by atoms with Crippen LogP contribution in [0.25, 0.3) is 0 Å². The van der Waals surface area contributed by atoms with Crippen molar-refractivity contribution in [3.8, 4) is 0 Å². The van der Waals surface area contributed by atoms with Crippen molar-refractivity contribution in [2.45, 2.75) is 25.9 Å². The Hall–Kier alpha value is -1.27. The average Bonchev–Trinajstić information content (AvgIpc) is 2.36. The van der Waals surface area contributed by atoms with Crippen molar-refractivity contribution in [2.24, 2.45) is 11.7 Å². The third kappa shape index (κ3) is 4.68. The molecule has 1 unspecified atom stereocenters. The highest BCUT2D eigenvalue weighted by Crippen LogP contribution is 2.36. The summed E-state index contributed by atoms with van der Waals surface area (Å²) in [6.07, 6.45) is -3.80. The van der Waals surface area contributed by atoms with Crippen molar-refractivity contribution in [1.82, 2.24) is 0 Å². The summed E-state index contributed by atoms with van der Waals surface area (Å²) in [5.74, 6) is -0.535. The van der Waals surface area contributed by atoms with Crippen LogP contribution in [0.5, 0.6) is 0 Å². The second-order valence-corrected chi connectivity index (χ2v) is 4.89. The Bertz CT molecular complexity index is 473. The molecule has 3 nitrogen and oxygen atoms in total. The van der Waals surface area contributed by atoms with E-state index in [-0.39, 0.29) is 23.0 Å². The molecule has 0 aliphatic heterocycles. The van der Waals surface area contributed by atoms with E-state index in [0.717, 1.165) is 12.1 Å². The third-order valence-corrected chi connectivity index (χ3v) is 3.18. The van der Waals surface area contributed by atoms with Gasteiger partial charge in [-0.1, -0.05) is 24.9 Å². The van der Waals surface area contributed by atoms with Crippen molar-refractivity contribution >= 4 is 23.2 Å². The zero-order valence-electron chi connectivity index (χ0n) is 10.9. The molecule has 0 aliphatic carbocycles. The number of nitrogens with one attached hydrogen (secondary N) is 1. The van der Waals surface area contributed by atoms with Crippen LogP contribution in [0.2, 0.25) is 5.02 Å². The van der Waals surface area contributed by atoms with Gasteiger partial charge in [-0.15, -0.1) is 0 Å². The summed E-state index contributed by atoms with van der Waals surface area (Å²) >= 11 is 5.56. The Labute approximate surface area is 120 Å². The Morgan fingerprint density at radius 3 is 2.60 bits per heavy atom. The third-order valence-electron chi connectivity index (χ3n) is 2.95. The summed E-state index contributed by atoms with van der Waals surface area (Å²) in [5, 5.41) is 2.23. The van der Waals surface area contributed by atoms with Gasteiger partial charge in [0.05, 0.1) is 11.3 Å². The summed E-state index contributed by atoms with van der Waals surface area (Å²) in [4.78, 5) is 11.7. The zero-order chi connectivity index (χ0) is 15.3. The summed E-state index contributed by atoms with van der Waals surface area (Å²) < 4.78 is 38.5. The van der Waals surface area contributed by atoms with Crippen molar-refractivity contribution < 1.29 is 18.0 Å². The van der Waals surface area contributed by atoms with Gasteiger partial charge in [-0.2, -0.15) is 13.2 Å². The van der Waals surface area contributed by atoms with E-state index < -0.39 is 17.6 Å². The van der Waals surface area contributed by atoms with Crippen LogP contribution in [0.15, 0.2) is 18.2 Å². The molecule has 0 saturated carbocycles. The van der Waals surface area contributed by atoms with E-state index in [1.165, 1.54) is 6.07 Å². The predicted molar refractivity (Wildman–Crippen MR) is 72.5 cm³/mol. The highest BCUT2D eigenvalue weighted by atomic mass is 35.5. The van der Waals surface area contributed by atoms with Gasteiger partial charge in [-0.3, -0.25) is 4.79 Å². The van der Waals surface area contributed by atoms with Crippen LogP contribution in [0.1, 0.15) is 25.3 Å². The zero-order valence-corrected chi connectivity index (χ0v) is 11.7. The number of carbonyl (C=O) groups excluding carboxylic acids is 1. The molecule has 1 amide bonds. The second-order valence-electron chi connectivity index (χ2n) is 4.45. The number of nitrogens with two attached hydrogens (primary N) is 1. The average molecular weight is 309 g/mol. The van der Waals surface area contributed by atoms with Crippen LogP contribution < -0.4 is 11.1 Å². The monoisotopic (exact) mass is 308 g/mol. The quantitative estimate of drug-likeness (QED) is 0.872. The predicted octanol–water partition coefficient (Wildman–Crippen LogP) is 3.67. The minimum Gasteiger partial charge on any atom is -0.330 e. The van der Waals surface area contributed by atoms with Crippen molar-refractivity contribution in [3.63, 3.8) is 0 Å². The van der Waals surface area contributed by atoms with Gasteiger partial charge in [0.25, 0.3) is 0 Å². The molecule has 1 rings (SSSR count). The highest BCUT2D eigenvalue weighted by Gasteiger charge is 2.34. The molecule has 3 N–H and O–H groups in total. The second kappa shape index (κ2) is 6.95. The number of halogens is 4. The molecule has 0 heterocycles. The number of benzene rings is 1. The van der Waals surface area contributed by atoms with Crippen LogP contribution in [0.4, 0.5) is 18.9 Å². The lowest BCUT2D eigenvalue weighted by Crippen LogP contribution is -2.23. The van der Waals surface area contributed by atoms with Crippen molar-refractivity contribution in [2.75, 3.05) is 11.9 Å². The fourth-order valence-corrected chi connectivity index (χ4v) is 1.89. The van der Waals surface area contributed by atoms with E-state index in [4.69, 9.17) is 17.3 Å². The molecule has 0 aromatic heterocycles. The van der Waals surface area contributed by atoms with Crippen LogP contribution in [0, 0.1) is 5.92 Å². The fraction of sp³-hybridized carbons (Fsp3) is 0.462. The normalized spacial score (nSPS) is 13.1. The SMILES string of the molecule is CCC(CN)CC(=O)Nc1ccc(Cl)cc1C(F)(F)F. The first-order valence-corrected chi connectivity index (χ1v) is 6.52. The standard InChI is InChI=1S/C13H16ClF3N2O/c1-2-8(7-18)5-12(20)19-11-4-3-9(14)6-10(11)13(15,16)17/h3-4,6,8H,2,5,7,18H2,1H3,(H,19,20). The minimum absolute atomic E-state index is 0.0382. The van der Waals surface area contributed by atoms with E-state index in [1.807, 2.05) is 6.92 Å². The molecule has 1 aromatic carbocycles. The lowest BCUT2D eigenvalue weighted by molar-refractivity contribution is -0.137. The number of anilines is 1. The lowest BCUT2D eigenvalue weighted by atomic mass is 10.0. The first-order valence-electron chi connectivity index (χ1n) is 6.14. The number of hydrogen-bond acceptors (Lipinski definition) is 2. The largest absolute Gasteiger partial charge is 0.418 e. The van der Waals surface area contributed by atoms with Gasteiger partial charge in [-0.05, 0) is 30.7 Å². The van der Waals surface area contributed by atoms with Gasteiger partial charge in [0.1, 0.15) is 0 Å². The molecule has 7 heteroatoms. The van der Waals surface area contributed by atoms with E-state index in [1.54, 1.807) is 0 Å². The smallest absolute Gasteiger partial charge is 0.330 e. The number of rotatable bonds is 5. The summed E-state index contributed by atoms with van der Waals surface area (Å²) in [6.45, 7) is 2.19. The molecule has 1 atom stereocenters. The number of carbonyl (C=O) groups is 1. The maximum Gasteiger partial charge on any atom is 0.418 e. The molecule has 0 bridgehead atoms. The van der Waals surface area contributed by atoms with Gasteiger partial charge in [0, 0.05) is 11.4 Å². The molecule has 1 aromatic rings. The first kappa shape index (κ1) is 16.8. The van der Waals surface area contributed by atoms with Gasteiger partial charge in [0.15, 0.2) is 0 Å². The van der Waals surface area contributed by atoms with Crippen LogP contribution in [0.3, 0.4) is 0 Å². The summed E-state index contributed by atoms with van der Waals surface area (Å²) in [6, 6.07) is 3.23. The van der Waals surface area contributed by atoms with Gasteiger partial charge < -0.3 is 11.1 Å². The number of amides is 1. The van der Waals surface area contributed by atoms with E-state index >= 15 is 0 Å².